The molecule has 2 rings (SSSR count). The molecule has 0 radical (unpaired) electrons. The molecule has 5 nitrogen and oxygen atoms in total. The van der Waals surface area contributed by atoms with Crippen LogP contribution in [-0.4, -0.2) is 48.9 Å². The van der Waals surface area contributed by atoms with E-state index < -0.39 is 0 Å². The van der Waals surface area contributed by atoms with Gasteiger partial charge in [0.05, 0.1) is 11.4 Å². The third-order valence-electron chi connectivity index (χ3n) is 2.47. The number of aromatic nitrogens is 1. The van der Waals surface area contributed by atoms with Gasteiger partial charge >= 0.3 is 0 Å². The zero-order valence-electron chi connectivity index (χ0n) is 12.0. The third kappa shape index (κ3) is 4.20. The molecule has 0 aliphatic heterocycles. The first-order chi connectivity index (χ1) is 9.08. The van der Waals surface area contributed by atoms with Crippen molar-refractivity contribution in [1.82, 2.24) is 14.8 Å². The summed E-state index contributed by atoms with van der Waals surface area (Å²) in [5.74, 6) is 1.57. The second-order valence-corrected chi connectivity index (χ2v) is 5.47. The van der Waals surface area contributed by atoms with Gasteiger partial charge in [0.15, 0.2) is 5.96 Å². The minimum atomic E-state index is 0. The number of thiophene rings is 1. The summed E-state index contributed by atoms with van der Waals surface area (Å²) >= 11 is 1.62. The van der Waals surface area contributed by atoms with Gasteiger partial charge in [-0.05, 0) is 11.4 Å². The first-order valence-corrected chi connectivity index (χ1v) is 6.83. The van der Waals surface area contributed by atoms with Crippen molar-refractivity contribution < 1.29 is 4.42 Å². The standard InChI is InChI=1S/C13H18N4OS.HI/c1-16(2)13(17(3)4)14-8-10-9-18-12(15-10)11-6-5-7-19-11;/h5-7,9H,8H2,1-4H3;1H. The fraction of sp³-hybridized carbons (Fsp3) is 0.385. The van der Waals surface area contributed by atoms with Crippen LogP contribution in [0.15, 0.2) is 33.2 Å². The number of nitrogens with zero attached hydrogens (tertiary/aromatic N) is 4. The first-order valence-electron chi connectivity index (χ1n) is 5.95. The Morgan fingerprint density at radius 2 is 2.00 bits per heavy atom. The summed E-state index contributed by atoms with van der Waals surface area (Å²) in [5.41, 5.74) is 0.838. The van der Waals surface area contributed by atoms with E-state index in [0.29, 0.717) is 12.4 Å². The molecule has 0 N–H and O–H groups in total. The number of rotatable bonds is 3. The highest BCUT2D eigenvalue weighted by Crippen LogP contribution is 2.23. The summed E-state index contributed by atoms with van der Waals surface area (Å²) < 4.78 is 5.47. The fourth-order valence-corrected chi connectivity index (χ4v) is 2.38. The van der Waals surface area contributed by atoms with E-state index in [1.165, 1.54) is 0 Å². The maximum absolute atomic E-state index is 5.47. The monoisotopic (exact) mass is 406 g/mol. The van der Waals surface area contributed by atoms with Crippen LogP contribution in [0.5, 0.6) is 0 Å². The van der Waals surface area contributed by atoms with Crippen LogP contribution in [-0.2, 0) is 6.54 Å². The molecule has 0 saturated heterocycles. The Bertz CT molecular complexity index is 538. The maximum atomic E-state index is 5.47. The molecular weight excluding hydrogens is 387 g/mol. The van der Waals surface area contributed by atoms with Gasteiger partial charge in [0.2, 0.25) is 5.89 Å². The zero-order chi connectivity index (χ0) is 13.8. The van der Waals surface area contributed by atoms with E-state index in [4.69, 9.17) is 4.42 Å². The van der Waals surface area contributed by atoms with Gasteiger partial charge in [0.1, 0.15) is 12.0 Å². The summed E-state index contributed by atoms with van der Waals surface area (Å²) in [4.78, 5) is 14.0. The summed E-state index contributed by atoms with van der Waals surface area (Å²) in [6.07, 6.45) is 1.67. The Labute approximate surface area is 140 Å². The molecular formula is C13H19IN4OS. The normalized spacial score (nSPS) is 9.80. The van der Waals surface area contributed by atoms with E-state index in [-0.39, 0.29) is 24.0 Å². The number of oxazole rings is 1. The van der Waals surface area contributed by atoms with Crippen molar-refractivity contribution in [1.29, 1.82) is 0 Å². The molecule has 0 aliphatic rings. The highest BCUT2D eigenvalue weighted by atomic mass is 127. The molecule has 2 aromatic rings. The zero-order valence-corrected chi connectivity index (χ0v) is 15.2. The maximum Gasteiger partial charge on any atom is 0.236 e. The van der Waals surface area contributed by atoms with E-state index in [1.807, 2.05) is 55.5 Å². The quantitative estimate of drug-likeness (QED) is 0.447. The van der Waals surface area contributed by atoms with Gasteiger partial charge in [0, 0.05) is 28.2 Å². The average molecular weight is 406 g/mol. The summed E-state index contributed by atoms with van der Waals surface area (Å²) in [6, 6.07) is 3.98. The lowest BCUT2D eigenvalue weighted by Gasteiger charge is -2.22. The van der Waals surface area contributed by atoms with E-state index >= 15 is 0 Å². The van der Waals surface area contributed by atoms with E-state index in [9.17, 15) is 0 Å². The molecule has 0 bridgehead atoms. The molecule has 0 aromatic carbocycles. The fourth-order valence-electron chi connectivity index (χ4n) is 1.73. The average Bonchev–Trinajstić information content (AvgIpc) is 2.98. The van der Waals surface area contributed by atoms with Gasteiger partial charge in [-0.15, -0.1) is 35.3 Å². The van der Waals surface area contributed by atoms with Crippen molar-refractivity contribution in [3.63, 3.8) is 0 Å². The third-order valence-corrected chi connectivity index (χ3v) is 3.32. The number of aliphatic imine (C=N–C) groups is 1. The molecule has 2 aromatic heterocycles. The Morgan fingerprint density at radius 3 is 2.55 bits per heavy atom. The van der Waals surface area contributed by atoms with Gasteiger partial charge in [-0.2, -0.15) is 0 Å². The van der Waals surface area contributed by atoms with Crippen LogP contribution in [0.4, 0.5) is 0 Å². The van der Waals surface area contributed by atoms with Crippen molar-refractivity contribution in [2.45, 2.75) is 6.54 Å². The summed E-state index contributed by atoms with van der Waals surface area (Å²) in [6.45, 7) is 0.514. The molecule has 0 amide bonds. The second kappa shape index (κ2) is 7.63. The van der Waals surface area contributed by atoms with E-state index in [1.54, 1.807) is 17.6 Å². The van der Waals surface area contributed by atoms with Crippen molar-refractivity contribution in [3.05, 3.63) is 29.5 Å². The number of hydrogen-bond acceptors (Lipinski definition) is 4. The van der Waals surface area contributed by atoms with Gasteiger partial charge in [-0.3, -0.25) is 0 Å². The molecule has 20 heavy (non-hydrogen) atoms. The predicted molar refractivity (Wildman–Crippen MR) is 93.7 cm³/mol. The first kappa shape index (κ1) is 17.0. The van der Waals surface area contributed by atoms with Crippen molar-refractivity contribution >= 4 is 41.3 Å². The van der Waals surface area contributed by atoms with Gasteiger partial charge < -0.3 is 14.2 Å². The van der Waals surface area contributed by atoms with Gasteiger partial charge in [-0.1, -0.05) is 6.07 Å². The summed E-state index contributed by atoms with van der Waals surface area (Å²) in [5, 5.41) is 2.01. The molecule has 7 heteroatoms. The largest absolute Gasteiger partial charge is 0.443 e. The van der Waals surface area contributed by atoms with Crippen LogP contribution < -0.4 is 0 Å². The van der Waals surface area contributed by atoms with Crippen molar-refractivity contribution in [2.24, 2.45) is 4.99 Å². The van der Waals surface area contributed by atoms with Gasteiger partial charge in [0.25, 0.3) is 0 Å². The highest BCUT2D eigenvalue weighted by Gasteiger charge is 2.08. The van der Waals surface area contributed by atoms with Gasteiger partial charge in [-0.25, -0.2) is 9.98 Å². The lowest BCUT2D eigenvalue weighted by molar-refractivity contribution is 0.479. The lowest BCUT2D eigenvalue weighted by atomic mass is 10.4. The highest BCUT2D eigenvalue weighted by molar-refractivity contribution is 14.0. The van der Waals surface area contributed by atoms with Crippen LogP contribution in [0.25, 0.3) is 10.8 Å². The molecule has 2 heterocycles. The smallest absolute Gasteiger partial charge is 0.236 e. The van der Waals surface area contributed by atoms with Crippen LogP contribution in [0.1, 0.15) is 5.69 Å². The van der Waals surface area contributed by atoms with Crippen LogP contribution >= 0.6 is 35.3 Å². The number of halogens is 1. The Balaban J connectivity index is 0.00000200. The molecule has 0 fully saturated rings. The molecule has 0 aliphatic carbocycles. The van der Waals surface area contributed by atoms with Crippen LogP contribution in [0, 0.1) is 0 Å². The molecule has 0 saturated carbocycles. The number of hydrogen-bond donors (Lipinski definition) is 0. The molecule has 110 valence electrons. The number of guanidine groups is 1. The predicted octanol–water partition coefficient (Wildman–Crippen LogP) is 3.00. The Hall–Kier alpha value is -1.09. The van der Waals surface area contributed by atoms with Crippen molar-refractivity contribution in [2.75, 3.05) is 28.2 Å². The minimum absolute atomic E-state index is 0. The Kier molecular flexibility index (Phi) is 6.47. The molecule has 0 atom stereocenters. The van der Waals surface area contributed by atoms with Crippen LogP contribution in [0.3, 0.4) is 0 Å². The van der Waals surface area contributed by atoms with E-state index in [0.717, 1.165) is 16.5 Å². The minimum Gasteiger partial charge on any atom is -0.443 e. The molecule has 0 unspecified atom stereocenters. The van der Waals surface area contributed by atoms with E-state index in [2.05, 4.69) is 9.98 Å². The second-order valence-electron chi connectivity index (χ2n) is 4.53. The SMILES string of the molecule is CN(C)C(=NCc1coc(-c2cccs2)n1)N(C)C.I. The summed E-state index contributed by atoms with van der Waals surface area (Å²) in [7, 11) is 7.88. The van der Waals surface area contributed by atoms with Crippen molar-refractivity contribution in [3.8, 4) is 10.8 Å². The lowest BCUT2D eigenvalue weighted by Crippen LogP contribution is -2.35. The Morgan fingerprint density at radius 1 is 1.30 bits per heavy atom. The topological polar surface area (TPSA) is 44.9 Å². The molecule has 0 spiro atoms. The van der Waals surface area contributed by atoms with Crippen LogP contribution in [0.2, 0.25) is 0 Å².